The molecule has 0 aliphatic rings. The highest BCUT2D eigenvalue weighted by Gasteiger charge is 2.29. The molecule has 3 heteroatoms. The zero-order chi connectivity index (χ0) is 14.8. The first-order chi connectivity index (χ1) is 9.71. The molecule has 0 aliphatic carbocycles. The van der Waals surface area contributed by atoms with E-state index in [2.05, 4.69) is 24.4 Å². The van der Waals surface area contributed by atoms with E-state index in [0.717, 1.165) is 12.8 Å². The molecular weight excluding hydrogens is 250 g/mol. The first-order valence-electron chi connectivity index (χ1n) is 7.75. The lowest BCUT2D eigenvalue weighted by molar-refractivity contribution is 0.0759. The van der Waals surface area contributed by atoms with E-state index in [9.17, 15) is 10.2 Å². The molecule has 0 heterocycles. The minimum absolute atomic E-state index is 0.0445. The quantitative estimate of drug-likeness (QED) is 0.577. The molecule has 0 saturated heterocycles. The number of benzene rings is 1. The van der Waals surface area contributed by atoms with Crippen LogP contribution in [0.5, 0.6) is 0 Å². The fourth-order valence-corrected chi connectivity index (χ4v) is 2.44. The lowest BCUT2D eigenvalue weighted by atomic mass is 9.92. The number of rotatable bonds is 10. The van der Waals surface area contributed by atoms with Crippen LogP contribution in [0.4, 0.5) is 0 Å². The third-order valence-electron chi connectivity index (χ3n) is 4.06. The van der Waals surface area contributed by atoms with E-state index in [1.54, 1.807) is 0 Å². The van der Waals surface area contributed by atoms with Crippen molar-refractivity contribution in [2.75, 3.05) is 13.2 Å². The van der Waals surface area contributed by atoms with E-state index in [4.69, 9.17) is 0 Å². The lowest BCUT2D eigenvalue weighted by Crippen LogP contribution is -2.52. The van der Waals surface area contributed by atoms with Crippen LogP contribution in [0.2, 0.25) is 0 Å². The third-order valence-corrected chi connectivity index (χ3v) is 4.06. The maximum absolute atomic E-state index is 9.62. The van der Waals surface area contributed by atoms with Crippen LogP contribution in [0.3, 0.4) is 0 Å². The molecule has 0 spiro atoms. The fraction of sp³-hybridized carbons (Fsp3) is 0.647. The number of aliphatic hydroxyl groups excluding tert-OH is 2. The van der Waals surface area contributed by atoms with E-state index >= 15 is 0 Å². The molecule has 1 aromatic rings. The van der Waals surface area contributed by atoms with E-state index in [-0.39, 0.29) is 19.3 Å². The number of unbranched alkanes of at least 4 members (excludes halogenated alkanes) is 2. The van der Waals surface area contributed by atoms with Gasteiger partial charge in [-0.25, -0.2) is 0 Å². The molecule has 0 radical (unpaired) electrons. The van der Waals surface area contributed by atoms with Crippen molar-refractivity contribution in [3.63, 3.8) is 0 Å². The molecule has 114 valence electrons. The lowest BCUT2D eigenvalue weighted by Gasteiger charge is -2.35. The highest BCUT2D eigenvalue weighted by molar-refractivity contribution is 5.19. The van der Waals surface area contributed by atoms with Gasteiger partial charge in [-0.05, 0) is 18.4 Å². The summed E-state index contributed by atoms with van der Waals surface area (Å²) in [5.41, 5.74) is 0.635. The molecule has 0 bridgehead atoms. The molecule has 0 amide bonds. The van der Waals surface area contributed by atoms with Gasteiger partial charge in [-0.15, -0.1) is 0 Å². The van der Waals surface area contributed by atoms with Gasteiger partial charge in [0.2, 0.25) is 0 Å². The van der Waals surface area contributed by atoms with Gasteiger partial charge in [-0.3, -0.25) is 0 Å². The van der Waals surface area contributed by atoms with Crippen LogP contribution >= 0.6 is 0 Å². The highest BCUT2D eigenvalue weighted by atomic mass is 16.3. The summed E-state index contributed by atoms with van der Waals surface area (Å²) in [5.74, 6) is 0. The third kappa shape index (κ3) is 4.89. The summed E-state index contributed by atoms with van der Waals surface area (Å²) in [6.07, 6.45) is 5.29. The van der Waals surface area contributed by atoms with Crippen molar-refractivity contribution in [1.82, 2.24) is 5.32 Å². The van der Waals surface area contributed by atoms with Crippen molar-refractivity contribution in [3.05, 3.63) is 35.9 Å². The van der Waals surface area contributed by atoms with Gasteiger partial charge in [-0.1, -0.05) is 63.4 Å². The van der Waals surface area contributed by atoms with Crippen molar-refractivity contribution in [3.8, 4) is 0 Å². The second-order valence-corrected chi connectivity index (χ2v) is 5.55. The van der Waals surface area contributed by atoms with Crippen LogP contribution in [-0.2, 0) is 0 Å². The monoisotopic (exact) mass is 279 g/mol. The molecule has 1 unspecified atom stereocenters. The van der Waals surface area contributed by atoms with Crippen molar-refractivity contribution < 1.29 is 10.2 Å². The Hall–Kier alpha value is -0.900. The molecule has 20 heavy (non-hydrogen) atoms. The van der Waals surface area contributed by atoms with Crippen LogP contribution in [0, 0.1) is 0 Å². The van der Waals surface area contributed by atoms with E-state index in [1.807, 2.05) is 25.1 Å². The van der Waals surface area contributed by atoms with Crippen LogP contribution in [-0.4, -0.2) is 29.0 Å². The normalized spacial score (nSPS) is 13.4. The number of hydrogen-bond acceptors (Lipinski definition) is 3. The molecule has 0 aliphatic heterocycles. The predicted molar refractivity (Wildman–Crippen MR) is 83.7 cm³/mol. The zero-order valence-electron chi connectivity index (χ0n) is 12.8. The van der Waals surface area contributed by atoms with Gasteiger partial charge in [0.1, 0.15) is 0 Å². The average molecular weight is 279 g/mol. The van der Waals surface area contributed by atoms with Crippen LogP contribution in [0.15, 0.2) is 30.3 Å². The Kier molecular flexibility index (Phi) is 7.82. The number of nitrogens with one attached hydrogen (secondary N) is 1. The van der Waals surface area contributed by atoms with E-state index in [0.29, 0.717) is 6.42 Å². The number of aliphatic hydroxyl groups is 2. The van der Waals surface area contributed by atoms with Gasteiger partial charge in [-0.2, -0.15) is 0 Å². The fourth-order valence-electron chi connectivity index (χ4n) is 2.44. The standard InChI is InChI=1S/C17H29NO2/c1-3-5-7-12-16(15-10-8-6-9-11-15)18-17(4-2,13-19)14-20/h6,8-11,16,18-20H,3-5,7,12-14H2,1-2H3. The maximum Gasteiger partial charge on any atom is 0.0650 e. The SMILES string of the molecule is CCCCCC(NC(CC)(CO)CO)c1ccccc1. The summed E-state index contributed by atoms with van der Waals surface area (Å²) in [6, 6.07) is 10.5. The Morgan fingerprint density at radius 1 is 1.05 bits per heavy atom. The Bertz CT molecular complexity index is 341. The molecule has 0 aromatic heterocycles. The topological polar surface area (TPSA) is 52.5 Å². The summed E-state index contributed by atoms with van der Waals surface area (Å²) in [4.78, 5) is 0. The predicted octanol–water partition coefficient (Wildman–Crippen LogP) is 3.03. The number of hydrogen-bond donors (Lipinski definition) is 3. The Morgan fingerprint density at radius 2 is 1.70 bits per heavy atom. The zero-order valence-corrected chi connectivity index (χ0v) is 12.8. The Labute approximate surface area is 123 Å². The first-order valence-corrected chi connectivity index (χ1v) is 7.75. The molecule has 3 N–H and O–H groups in total. The molecule has 0 fully saturated rings. The van der Waals surface area contributed by atoms with Crippen molar-refractivity contribution in [1.29, 1.82) is 0 Å². The largest absolute Gasteiger partial charge is 0.394 e. The molecule has 0 saturated carbocycles. The summed E-state index contributed by atoms with van der Waals surface area (Å²) >= 11 is 0. The molecule has 1 atom stereocenters. The van der Waals surface area contributed by atoms with Gasteiger partial charge in [0, 0.05) is 6.04 Å². The molecular formula is C17H29NO2. The summed E-state index contributed by atoms with van der Waals surface area (Å²) in [7, 11) is 0. The Morgan fingerprint density at radius 3 is 2.20 bits per heavy atom. The van der Waals surface area contributed by atoms with Crippen LogP contribution < -0.4 is 5.32 Å². The van der Waals surface area contributed by atoms with Crippen LogP contribution in [0.25, 0.3) is 0 Å². The first kappa shape index (κ1) is 17.2. The summed E-state index contributed by atoms with van der Waals surface area (Å²) < 4.78 is 0. The van der Waals surface area contributed by atoms with Crippen molar-refractivity contribution >= 4 is 0 Å². The van der Waals surface area contributed by atoms with Crippen molar-refractivity contribution in [2.24, 2.45) is 0 Å². The Balaban J connectivity index is 2.81. The maximum atomic E-state index is 9.62. The summed E-state index contributed by atoms with van der Waals surface area (Å²) in [6.45, 7) is 4.10. The highest BCUT2D eigenvalue weighted by Crippen LogP contribution is 2.24. The van der Waals surface area contributed by atoms with Gasteiger partial charge in [0.15, 0.2) is 0 Å². The summed E-state index contributed by atoms with van der Waals surface area (Å²) in [5, 5.41) is 22.7. The van der Waals surface area contributed by atoms with Gasteiger partial charge < -0.3 is 15.5 Å². The smallest absolute Gasteiger partial charge is 0.0650 e. The van der Waals surface area contributed by atoms with E-state index < -0.39 is 5.54 Å². The molecule has 3 nitrogen and oxygen atoms in total. The second kappa shape index (κ2) is 9.11. The van der Waals surface area contributed by atoms with Gasteiger partial charge in [0.05, 0.1) is 18.8 Å². The van der Waals surface area contributed by atoms with Gasteiger partial charge >= 0.3 is 0 Å². The average Bonchev–Trinajstić information content (AvgIpc) is 2.52. The van der Waals surface area contributed by atoms with Gasteiger partial charge in [0.25, 0.3) is 0 Å². The molecule has 1 rings (SSSR count). The van der Waals surface area contributed by atoms with Crippen molar-refractivity contribution in [2.45, 2.75) is 57.5 Å². The van der Waals surface area contributed by atoms with E-state index in [1.165, 1.54) is 18.4 Å². The van der Waals surface area contributed by atoms with Crippen LogP contribution in [0.1, 0.15) is 57.6 Å². The minimum Gasteiger partial charge on any atom is -0.394 e. The second-order valence-electron chi connectivity index (χ2n) is 5.55. The minimum atomic E-state index is -0.591. The molecule has 1 aromatic carbocycles.